The van der Waals surface area contributed by atoms with Gasteiger partial charge in [-0.05, 0) is 44.9 Å². The second-order valence-electron chi connectivity index (χ2n) is 7.80. The third-order valence-electron chi connectivity index (χ3n) is 5.90. The number of para-hydroxylation sites is 1. The van der Waals surface area contributed by atoms with Crippen LogP contribution in [0.4, 0.5) is 4.39 Å². The summed E-state index contributed by atoms with van der Waals surface area (Å²) in [7, 11) is 0. The van der Waals surface area contributed by atoms with E-state index in [0.29, 0.717) is 17.4 Å². The largest absolute Gasteiger partial charge is 0.377 e. The fourth-order valence-corrected chi connectivity index (χ4v) is 4.36. The molecule has 0 radical (unpaired) electrons. The Balaban J connectivity index is 1.46. The highest BCUT2D eigenvalue weighted by Gasteiger charge is 2.27. The van der Waals surface area contributed by atoms with Gasteiger partial charge < -0.3 is 14.2 Å². The smallest absolute Gasteiger partial charge is 0.255 e. The summed E-state index contributed by atoms with van der Waals surface area (Å²) in [5.74, 6) is -0.251. The van der Waals surface area contributed by atoms with E-state index in [1.807, 2.05) is 35.4 Å². The van der Waals surface area contributed by atoms with Gasteiger partial charge in [0.15, 0.2) is 0 Å². The molecule has 0 spiro atoms. The van der Waals surface area contributed by atoms with Crippen molar-refractivity contribution in [3.05, 3.63) is 53.1 Å². The van der Waals surface area contributed by atoms with E-state index in [0.717, 1.165) is 63.6 Å². The first kappa shape index (κ1) is 19.2. The number of amides is 1. The minimum absolute atomic E-state index is 0.0347. The van der Waals surface area contributed by atoms with E-state index in [2.05, 4.69) is 4.90 Å². The number of hydrogen-bond donors (Lipinski definition) is 0. The van der Waals surface area contributed by atoms with E-state index in [1.54, 1.807) is 12.1 Å². The molecular formula is C22H28FN3O2. The Morgan fingerprint density at radius 1 is 1.18 bits per heavy atom. The Labute approximate surface area is 165 Å². The van der Waals surface area contributed by atoms with E-state index in [1.165, 1.54) is 6.07 Å². The van der Waals surface area contributed by atoms with Gasteiger partial charge >= 0.3 is 0 Å². The maximum atomic E-state index is 14.3. The van der Waals surface area contributed by atoms with Gasteiger partial charge in [-0.3, -0.25) is 9.69 Å². The number of benzene rings is 1. The van der Waals surface area contributed by atoms with Gasteiger partial charge in [0.25, 0.3) is 5.91 Å². The predicted octanol–water partition coefficient (Wildman–Crippen LogP) is 3.17. The molecule has 0 saturated carbocycles. The van der Waals surface area contributed by atoms with Gasteiger partial charge in [0.1, 0.15) is 5.82 Å². The number of piperazine rings is 1. The standard InChI is InChI=1S/C22H28FN3O2/c1-16-14-19(17(2)26(16)21-8-4-3-7-20(21)23)22(27)25-11-9-24(10-12-25)15-18-6-5-13-28-18/h3-4,7-8,14,18H,5-6,9-13,15H2,1-2H3. The fourth-order valence-electron chi connectivity index (χ4n) is 4.36. The Morgan fingerprint density at radius 2 is 1.93 bits per heavy atom. The predicted molar refractivity (Wildman–Crippen MR) is 107 cm³/mol. The molecule has 28 heavy (non-hydrogen) atoms. The number of carbonyl (C=O) groups excluding carboxylic acids is 1. The lowest BCUT2D eigenvalue weighted by atomic mass is 10.1. The van der Waals surface area contributed by atoms with E-state index in [9.17, 15) is 9.18 Å². The van der Waals surface area contributed by atoms with Crippen LogP contribution in [0.25, 0.3) is 5.69 Å². The molecule has 2 aliphatic rings. The second-order valence-corrected chi connectivity index (χ2v) is 7.80. The number of hydrogen-bond acceptors (Lipinski definition) is 3. The summed E-state index contributed by atoms with van der Waals surface area (Å²) in [5.41, 5.74) is 2.80. The maximum Gasteiger partial charge on any atom is 0.255 e. The van der Waals surface area contributed by atoms with Gasteiger partial charge in [-0.2, -0.15) is 0 Å². The summed E-state index contributed by atoms with van der Waals surface area (Å²) in [4.78, 5) is 17.4. The van der Waals surface area contributed by atoms with Crippen molar-refractivity contribution < 1.29 is 13.9 Å². The number of nitrogens with zero attached hydrogens (tertiary/aromatic N) is 3. The minimum Gasteiger partial charge on any atom is -0.377 e. The first-order chi connectivity index (χ1) is 13.5. The van der Waals surface area contributed by atoms with Crippen molar-refractivity contribution in [2.75, 3.05) is 39.3 Å². The Kier molecular flexibility index (Phi) is 5.51. The normalized spacial score (nSPS) is 20.7. The number of halogens is 1. The molecule has 2 aliphatic heterocycles. The number of aryl methyl sites for hydroxylation is 1. The minimum atomic E-state index is -0.286. The van der Waals surface area contributed by atoms with Crippen molar-refractivity contribution in [2.45, 2.75) is 32.8 Å². The molecule has 2 aromatic rings. The van der Waals surface area contributed by atoms with Crippen LogP contribution in [0, 0.1) is 19.7 Å². The van der Waals surface area contributed by atoms with Crippen LogP contribution in [0.1, 0.15) is 34.6 Å². The van der Waals surface area contributed by atoms with E-state index in [4.69, 9.17) is 4.74 Å². The van der Waals surface area contributed by atoms with Crippen LogP contribution in [0.15, 0.2) is 30.3 Å². The molecule has 150 valence electrons. The molecule has 2 saturated heterocycles. The lowest BCUT2D eigenvalue weighted by molar-refractivity contribution is 0.0432. The van der Waals surface area contributed by atoms with Crippen LogP contribution in [0.2, 0.25) is 0 Å². The highest BCUT2D eigenvalue weighted by Crippen LogP contribution is 2.24. The van der Waals surface area contributed by atoms with Gasteiger partial charge in [-0.15, -0.1) is 0 Å². The van der Waals surface area contributed by atoms with Crippen LogP contribution in [-0.4, -0.2) is 65.7 Å². The average molecular weight is 385 g/mol. The molecule has 1 aromatic carbocycles. The zero-order chi connectivity index (χ0) is 19.7. The van der Waals surface area contributed by atoms with Crippen molar-refractivity contribution in [1.82, 2.24) is 14.4 Å². The van der Waals surface area contributed by atoms with Crippen LogP contribution in [0.3, 0.4) is 0 Å². The Bertz CT molecular complexity index is 849. The molecule has 2 fully saturated rings. The molecule has 3 heterocycles. The molecule has 5 nitrogen and oxygen atoms in total. The van der Waals surface area contributed by atoms with Crippen LogP contribution in [-0.2, 0) is 4.74 Å². The average Bonchev–Trinajstić information content (AvgIpc) is 3.30. The van der Waals surface area contributed by atoms with Crippen molar-refractivity contribution in [3.63, 3.8) is 0 Å². The number of carbonyl (C=O) groups is 1. The molecule has 1 atom stereocenters. The lowest BCUT2D eigenvalue weighted by Crippen LogP contribution is -2.50. The summed E-state index contributed by atoms with van der Waals surface area (Å²) < 4.78 is 21.8. The quantitative estimate of drug-likeness (QED) is 0.811. The lowest BCUT2D eigenvalue weighted by Gasteiger charge is -2.35. The molecule has 0 N–H and O–H groups in total. The monoisotopic (exact) mass is 385 g/mol. The first-order valence-electron chi connectivity index (χ1n) is 10.1. The Morgan fingerprint density at radius 3 is 2.61 bits per heavy atom. The second kappa shape index (κ2) is 8.05. The molecule has 0 aliphatic carbocycles. The summed E-state index contributed by atoms with van der Waals surface area (Å²) in [6.45, 7) is 8.82. The molecule has 4 rings (SSSR count). The maximum absolute atomic E-state index is 14.3. The first-order valence-corrected chi connectivity index (χ1v) is 10.1. The number of rotatable bonds is 4. The SMILES string of the molecule is Cc1cc(C(=O)N2CCN(CC3CCCO3)CC2)c(C)n1-c1ccccc1F. The van der Waals surface area contributed by atoms with Gasteiger partial charge in [-0.1, -0.05) is 12.1 Å². The number of aromatic nitrogens is 1. The highest BCUT2D eigenvalue weighted by atomic mass is 19.1. The van der Waals surface area contributed by atoms with Gasteiger partial charge in [0, 0.05) is 50.7 Å². The van der Waals surface area contributed by atoms with E-state index in [-0.39, 0.29) is 11.7 Å². The Hall–Kier alpha value is -2.18. The zero-order valence-electron chi connectivity index (χ0n) is 16.7. The van der Waals surface area contributed by atoms with Gasteiger partial charge in [-0.25, -0.2) is 4.39 Å². The van der Waals surface area contributed by atoms with Crippen LogP contribution >= 0.6 is 0 Å². The summed E-state index contributed by atoms with van der Waals surface area (Å²) >= 11 is 0. The van der Waals surface area contributed by atoms with Crippen molar-refractivity contribution in [1.29, 1.82) is 0 Å². The molecule has 0 bridgehead atoms. The van der Waals surface area contributed by atoms with E-state index >= 15 is 0 Å². The van der Waals surface area contributed by atoms with Gasteiger partial charge in [0.2, 0.25) is 0 Å². The van der Waals surface area contributed by atoms with Crippen molar-refractivity contribution >= 4 is 5.91 Å². The number of ether oxygens (including phenoxy) is 1. The third kappa shape index (κ3) is 3.71. The molecule has 6 heteroatoms. The summed E-state index contributed by atoms with van der Waals surface area (Å²) in [6, 6.07) is 8.56. The highest BCUT2D eigenvalue weighted by molar-refractivity contribution is 5.96. The van der Waals surface area contributed by atoms with Crippen LogP contribution < -0.4 is 0 Å². The van der Waals surface area contributed by atoms with Crippen LogP contribution in [0.5, 0.6) is 0 Å². The summed E-state index contributed by atoms with van der Waals surface area (Å²) in [5, 5.41) is 0. The topological polar surface area (TPSA) is 37.7 Å². The molecular weight excluding hydrogens is 357 g/mol. The van der Waals surface area contributed by atoms with Crippen molar-refractivity contribution in [2.24, 2.45) is 0 Å². The molecule has 1 amide bonds. The van der Waals surface area contributed by atoms with E-state index < -0.39 is 0 Å². The zero-order valence-corrected chi connectivity index (χ0v) is 16.7. The summed E-state index contributed by atoms with van der Waals surface area (Å²) in [6.07, 6.45) is 2.64. The third-order valence-corrected chi connectivity index (χ3v) is 5.90. The molecule has 1 unspecified atom stereocenters. The van der Waals surface area contributed by atoms with Gasteiger partial charge in [0.05, 0.1) is 17.4 Å². The fraction of sp³-hybridized carbons (Fsp3) is 0.500. The molecule has 1 aromatic heterocycles. The van der Waals surface area contributed by atoms with Crippen molar-refractivity contribution in [3.8, 4) is 5.69 Å².